The van der Waals surface area contributed by atoms with Gasteiger partial charge in [0.25, 0.3) is 5.91 Å². The van der Waals surface area contributed by atoms with Gasteiger partial charge in [0.15, 0.2) is 10.7 Å². The van der Waals surface area contributed by atoms with Gasteiger partial charge in [0.1, 0.15) is 16.5 Å². The number of nitrogens with zero attached hydrogens (tertiary/aromatic N) is 1. The Balaban J connectivity index is 1.49. The number of hydrogen-bond donors (Lipinski definition) is 1. The van der Waals surface area contributed by atoms with Gasteiger partial charge in [-0.2, -0.15) is 8.42 Å². The van der Waals surface area contributed by atoms with Crippen molar-refractivity contribution in [3.05, 3.63) is 93.2 Å². The van der Waals surface area contributed by atoms with E-state index in [0.29, 0.717) is 11.1 Å². The summed E-state index contributed by atoms with van der Waals surface area (Å²) in [5, 5.41) is 3.29. The lowest BCUT2D eigenvalue weighted by Gasteiger charge is -2.28. The van der Waals surface area contributed by atoms with Crippen molar-refractivity contribution in [3.63, 3.8) is 0 Å². The van der Waals surface area contributed by atoms with Crippen LogP contribution >= 0.6 is 28.1 Å². The number of nitrogens with one attached hydrogen (secondary N) is 1. The minimum atomic E-state index is -4.03. The van der Waals surface area contributed by atoms with E-state index in [1.807, 2.05) is 6.07 Å². The van der Waals surface area contributed by atoms with Crippen molar-refractivity contribution in [2.45, 2.75) is 29.7 Å². The molecule has 3 aromatic rings. The number of halogens is 2. The maximum Gasteiger partial charge on any atom is 0.339 e. The molecule has 1 fully saturated rings. The molecule has 3 aromatic carbocycles. The second kappa shape index (κ2) is 8.69. The molecule has 0 aromatic heterocycles. The zero-order valence-electron chi connectivity index (χ0n) is 18.5. The molecular formula is C25H20BrFN2O4S2. The highest BCUT2D eigenvalue weighted by Gasteiger charge is 2.51. The minimum Gasteiger partial charge on any atom is -0.379 e. The number of benzene rings is 3. The van der Waals surface area contributed by atoms with Gasteiger partial charge in [-0.1, -0.05) is 24.3 Å². The predicted octanol–water partition coefficient (Wildman–Crippen LogP) is 4.43. The molecule has 1 N–H and O–H groups in total. The van der Waals surface area contributed by atoms with Crippen LogP contribution in [0.2, 0.25) is 0 Å². The third kappa shape index (κ3) is 4.03. The maximum absolute atomic E-state index is 13.9. The van der Waals surface area contributed by atoms with Crippen molar-refractivity contribution < 1.29 is 21.8 Å². The van der Waals surface area contributed by atoms with E-state index in [1.165, 1.54) is 40.8 Å². The van der Waals surface area contributed by atoms with E-state index in [4.69, 9.17) is 16.4 Å². The maximum atomic E-state index is 13.9. The Morgan fingerprint density at radius 2 is 1.71 bits per heavy atom. The summed E-state index contributed by atoms with van der Waals surface area (Å²) in [5.41, 5.74) is 1.77. The standard InChI is InChI=1S/C25H20BrFN2O4S2/c1-29-23(30)25(28-24(29)34,18-8-12-22(27)21(26)14-18)17-6-9-19(10-7-17)33-35(31,32)20-11-5-15-3-2-4-16(15)13-20/h5-14H,2-4H2,1H3,(H,28,34). The molecule has 0 saturated carbocycles. The molecule has 1 amide bonds. The van der Waals surface area contributed by atoms with Crippen LogP contribution in [-0.2, 0) is 33.3 Å². The lowest BCUT2D eigenvalue weighted by molar-refractivity contribution is -0.129. The molecule has 2 aliphatic rings. The van der Waals surface area contributed by atoms with Gasteiger partial charge in [0.2, 0.25) is 0 Å². The molecule has 1 atom stereocenters. The van der Waals surface area contributed by atoms with Crippen LogP contribution in [0.15, 0.2) is 70.0 Å². The van der Waals surface area contributed by atoms with Gasteiger partial charge in [-0.25, -0.2) is 4.39 Å². The highest BCUT2D eigenvalue weighted by Crippen LogP contribution is 2.38. The van der Waals surface area contributed by atoms with Gasteiger partial charge in [-0.3, -0.25) is 9.69 Å². The average Bonchev–Trinajstić information content (AvgIpc) is 3.39. The van der Waals surface area contributed by atoms with Gasteiger partial charge in [0, 0.05) is 7.05 Å². The molecule has 1 aliphatic heterocycles. The molecule has 10 heteroatoms. The number of amides is 1. The fourth-order valence-corrected chi connectivity index (χ4v) is 6.16. The van der Waals surface area contributed by atoms with Crippen LogP contribution in [-0.4, -0.2) is 31.4 Å². The van der Waals surface area contributed by atoms with Gasteiger partial charge in [-0.05, 0) is 106 Å². The summed E-state index contributed by atoms with van der Waals surface area (Å²) >= 11 is 8.49. The van der Waals surface area contributed by atoms with Crippen molar-refractivity contribution in [1.82, 2.24) is 10.2 Å². The van der Waals surface area contributed by atoms with Crippen LogP contribution < -0.4 is 9.50 Å². The minimum absolute atomic E-state index is 0.103. The zero-order valence-corrected chi connectivity index (χ0v) is 21.8. The van der Waals surface area contributed by atoms with E-state index in [1.54, 1.807) is 31.3 Å². The summed E-state index contributed by atoms with van der Waals surface area (Å²) < 4.78 is 45.3. The SMILES string of the molecule is CN1C(=O)C(c2ccc(OS(=O)(=O)c3ccc4c(c3)CCC4)cc2)(c2ccc(F)c(Br)c2)NC1=S. The lowest BCUT2D eigenvalue weighted by Crippen LogP contribution is -2.45. The Hall–Kier alpha value is -2.82. The molecule has 5 rings (SSSR count). The Bertz CT molecular complexity index is 1480. The molecular weight excluding hydrogens is 555 g/mol. The van der Waals surface area contributed by atoms with Crippen molar-refractivity contribution in [3.8, 4) is 5.75 Å². The fraction of sp³-hybridized carbons (Fsp3) is 0.200. The van der Waals surface area contributed by atoms with E-state index in [2.05, 4.69) is 21.2 Å². The molecule has 1 saturated heterocycles. The molecule has 1 heterocycles. The second-order valence-corrected chi connectivity index (χ2v) is 11.3. The number of hydrogen-bond acceptors (Lipinski definition) is 5. The highest BCUT2D eigenvalue weighted by molar-refractivity contribution is 9.10. The quantitative estimate of drug-likeness (QED) is 0.359. The van der Waals surface area contributed by atoms with Crippen LogP contribution in [0, 0.1) is 5.82 Å². The van der Waals surface area contributed by atoms with Crippen molar-refractivity contribution in [2.75, 3.05) is 7.05 Å². The van der Waals surface area contributed by atoms with Gasteiger partial charge < -0.3 is 9.50 Å². The summed E-state index contributed by atoms with van der Waals surface area (Å²) in [4.78, 5) is 14.8. The van der Waals surface area contributed by atoms with E-state index in [0.717, 1.165) is 24.8 Å². The summed E-state index contributed by atoms with van der Waals surface area (Å²) in [6.07, 6.45) is 2.82. The van der Waals surface area contributed by atoms with E-state index in [9.17, 15) is 17.6 Å². The van der Waals surface area contributed by atoms with Crippen molar-refractivity contribution in [2.24, 2.45) is 0 Å². The number of rotatable bonds is 5. The predicted molar refractivity (Wildman–Crippen MR) is 136 cm³/mol. The number of carbonyl (C=O) groups excluding carboxylic acids is 1. The van der Waals surface area contributed by atoms with Crippen LogP contribution in [0.25, 0.3) is 0 Å². The average molecular weight is 575 g/mol. The molecule has 0 radical (unpaired) electrons. The van der Waals surface area contributed by atoms with Crippen molar-refractivity contribution >= 4 is 49.3 Å². The summed E-state index contributed by atoms with van der Waals surface area (Å²) in [5.74, 6) is -0.711. The molecule has 180 valence electrons. The molecule has 35 heavy (non-hydrogen) atoms. The van der Waals surface area contributed by atoms with Crippen LogP contribution in [0.3, 0.4) is 0 Å². The molecule has 0 spiro atoms. The van der Waals surface area contributed by atoms with E-state index >= 15 is 0 Å². The smallest absolute Gasteiger partial charge is 0.339 e. The first-order chi connectivity index (χ1) is 16.6. The topological polar surface area (TPSA) is 75.7 Å². The van der Waals surface area contributed by atoms with Gasteiger partial charge >= 0.3 is 10.1 Å². The lowest BCUT2D eigenvalue weighted by atomic mass is 9.82. The number of carbonyl (C=O) groups is 1. The normalized spacial score (nSPS) is 19.6. The van der Waals surface area contributed by atoms with Gasteiger partial charge in [0.05, 0.1) is 4.47 Å². The molecule has 0 bridgehead atoms. The van der Waals surface area contributed by atoms with Crippen molar-refractivity contribution in [1.29, 1.82) is 0 Å². The largest absolute Gasteiger partial charge is 0.379 e. The third-order valence-electron chi connectivity index (χ3n) is 6.43. The first-order valence-corrected chi connectivity index (χ1v) is 13.5. The second-order valence-electron chi connectivity index (χ2n) is 8.52. The van der Waals surface area contributed by atoms with Gasteiger partial charge in [-0.15, -0.1) is 0 Å². The van der Waals surface area contributed by atoms with E-state index in [-0.39, 0.29) is 26.1 Å². The molecule has 1 unspecified atom stereocenters. The zero-order chi connectivity index (χ0) is 25.0. The van der Waals surface area contributed by atoms with E-state index < -0.39 is 21.5 Å². The number of fused-ring (bicyclic) bond motifs is 1. The molecule has 1 aliphatic carbocycles. The Labute approximate surface area is 216 Å². The Kier molecular flexibility index (Phi) is 5.93. The highest BCUT2D eigenvalue weighted by atomic mass is 79.9. The van der Waals surface area contributed by atoms with Crippen LogP contribution in [0.4, 0.5) is 4.39 Å². The van der Waals surface area contributed by atoms with Crippen LogP contribution in [0.5, 0.6) is 5.75 Å². The Morgan fingerprint density at radius 3 is 2.37 bits per heavy atom. The first kappa shape index (κ1) is 23.9. The molecule has 6 nitrogen and oxygen atoms in total. The third-order valence-corrected chi connectivity index (χ3v) is 8.66. The Morgan fingerprint density at radius 1 is 1.03 bits per heavy atom. The number of thiocarbonyl (C=S) groups is 1. The fourth-order valence-electron chi connectivity index (χ4n) is 4.57. The number of aryl methyl sites for hydroxylation is 2. The summed E-state index contributed by atoms with van der Waals surface area (Å²) in [6, 6.07) is 15.5. The monoisotopic (exact) mass is 574 g/mol. The first-order valence-electron chi connectivity index (χ1n) is 10.8. The summed E-state index contributed by atoms with van der Waals surface area (Å²) in [6.45, 7) is 0. The van der Waals surface area contributed by atoms with Crippen LogP contribution in [0.1, 0.15) is 28.7 Å². The number of likely N-dealkylation sites (N-methyl/N-ethyl adjacent to an activating group) is 1. The summed E-state index contributed by atoms with van der Waals surface area (Å²) in [7, 11) is -2.48.